The third kappa shape index (κ3) is 4.27. The fourth-order valence-corrected chi connectivity index (χ4v) is 2.95. The molecule has 1 fully saturated rings. The maximum absolute atomic E-state index is 11.8. The topological polar surface area (TPSA) is 51.2 Å². The zero-order valence-electron chi connectivity index (χ0n) is 12.8. The van der Waals surface area contributed by atoms with Crippen LogP contribution < -0.4 is 5.32 Å². The van der Waals surface area contributed by atoms with E-state index in [0.29, 0.717) is 11.6 Å². The Morgan fingerprint density at radius 1 is 1.52 bits per heavy atom. The first-order chi connectivity index (χ1) is 9.76. The summed E-state index contributed by atoms with van der Waals surface area (Å²) in [4.78, 5) is 17.3. The smallest absolute Gasteiger partial charge is 0.407 e. The molecule has 0 unspecified atom stereocenters. The maximum Gasteiger partial charge on any atom is 0.407 e. The molecule has 0 spiro atoms. The van der Waals surface area contributed by atoms with Crippen LogP contribution in [-0.2, 0) is 10.2 Å². The number of carbonyl (C=O) groups is 1. The van der Waals surface area contributed by atoms with Gasteiger partial charge >= 0.3 is 6.09 Å². The van der Waals surface area contributed by atoms with E-state index in [4.69, 9.17) is 16.3 Å². The third-order valence-corrected chi connectivity index (χ3v) is 4.36. The van der Waals surface area contributed by atoms with Crippen LogP contribution in [0.4, 0.5) is 4.79 Å². The highest BCUT2D eigenvalue weighted by Crippen LogP contribution is 2.49. The molecule has 0 radical (unpaired) electrons. The van der Waals surface area contributed by atoms with Gasteiger partial charge in [-0.2, -0.15) is 0 Å². The number of amides is 1. The van der Waals surface area contributed by atoms with E-state index in [9.17, 15) is 4.79 Å². The van der Waals surface area contributed by atoms with E-state index in [0.717, 1.165) is 23.4 Å². The number of halogens is 1. The van der Waals surface area contributed by atoms with Crippen LogP contribution in [0.2, 0.25) is 5.02 Å². The molecule has 1 N–H and O–H groups in total. The minimum absolute atomic E-state index is 0.134. The lowest BCUT2D eigenvalue weighted by atomic mass is 10.0. The van der Waals surface area contributed by atoms with Gasteiger partial charge in [0.15, 0.2) is 0 Å². The van der Waals surface area contributed by atoms with Crippen molar-refractivity contribution in [3.8, 4) is 0 Å². The number of rotatable bonds is 4. The Balaban J connectivity index is 2.02. The summed E-state index contributed by atoms with van der Waals surface area (Å²) in [5.41, 5.74) is 0.250. The van der Waals surface area contributed by atoms with E-state index < -0.39 is 11.7 Å². The second-order valence-electron chi connectivity index (χ2n) is 6.34. The molecule has 1 aliphatic carbocycles. The number of aromatic nitrogens is 1. The zero-order valence-corrected chi connectivity index (χ0v) is 14.4. The number of nitrogens with one attached hydrogen (secondary N) is 1. The quantitative estimate of drug-likeness (QED) is 0.848. The average molecular weight is 329 g/mol. The Morgan fingerprint density at radius 3 is 2.67 bits per heavy atom. The fourth-order valence-electron chi connectivity index (χ4n) is 2.13. The number of alkyl carbamates (subject to hydrolysis) is 1. The highest BCUT2D eigenvalue weighted by molar-refractivity contribution is 7.98. The lowest BCUT2D eigenvalue weighted by Gasteiger charge is -2.22. The van der Waals surface area contributed by atoms with Crippen LogP contribution in [0.5, 0.6) is 0 Å². The number of nitrogens with zero attached hydrogens (tertiary/aromatic N) is 1. The van der Waals surface area contributed by atoms with Gasteiger partial charge in [-0.25, -0.2) is 4.79 Å². The van der Waals surface area contributed by atoms with Gasteiger partial charge in [-0.15, -0.1) is 11.8 Å². The number of pyridine rings is 1. The number of hydrogen-bond acceptors (Lipinski definition) is 4. The molecule has 1 aromatic heterocycles. The van der Waals surface area contributed by atoms with Crippen molar-refractivity contribution in [2.45, 2.75) is 49.5 Å². The molecule has 1 amide bonds. The Hall–Kier alpha value is -0.940. The van der Waals surface area contributed by atoms with E-state index in [1.165, 1.54) is 0 Å². The molecule has 21 heavy (non-hydrogen) atoms. The van der Waals surface area contributed by atoms with Crippen molar-refractivity contribution in [1.29, 1.82) is 0 Å². The van der Waals surface area contributed by atoms with Crippen molar-refractivity contribution < 1.29 is 9.53 Å². The normalized spacial score (nSPS) is 16.4. The van der Waals surface area contributed by atoms with Crippen molar-refractivity contribution in [2.24, 2.45) is 0 Å². The minimum Gasteiger partial charge on any atom is -0.444 e. The Morgan fingerprint density at radius 2 is 2.19 bits per heavy atom. The molecule has 1 aliphatic rings. The summed E-state index contributed by atoms with van der Waals surface area (Å²) in [6.07, 6.45) is 5.39. The third-order valence-electron chi connectivity index (χ3n) is 3.38. The van der Waals surface area contributed by atoms with Crippen molar-refractivity contribution in [1.82, 2.24) is 10.3 Å². The van der Waals surface area contributed by atoms with E-state index in [2.05, 4.69) is 10.3 Å². The van der Waals surface area contributed by atoms with Crippen LogP contribution >= 0.6 is 23.4 Å². The molecule has 1 heterocycles. The molecule has 0 saturated heterocycles. The molecule has 0 aliphatic heterocycles. The van der Waals surface area contributed by atoms with Gasteiger partial charge in [0, 0.05) is 23.1 Å². The number of thioether (sulfide) groups is 1. The molecule has 4 nitrogen and oxygen atoms in total. The molecule has 1 saturated carbocycles. The number of hydrogen-bond donors (Lipinski definition) is 1. The summed E-state index contributed by atoms with van der Waals surface area (Å²) in [5, 5.41) is 3.50. The molecular weight excluding hydrogens is 308 g/mol. The molecule has 0 bridgehead atoms. The van der Waals surface area contributed by atoms with Crippen molar-refractivity contribution in [2.75, 3.05) is 12.8 Å². The zero-order chi connectivity index (χ0) is 15.7. The SMILES string of the molecule is CSc1cnc(C2(CNC(=O)OC(C)(C)C)CC2)c(Cl)c1. The summed E-state index contributed by atoms with van der Waals surface area (Å²) in [7, 11) is 0. The van der Waals surface area contributed by atoms with Crippen LogP contribution in [0.15, 0.2) is 17.2 Å². The van der Waals surface area contributed by atoms with Gasteiger partial charge < -0.3 is 10.1 Å². The summed E-state index contributed by atoms with van der Waals surface area (Å²) < 4.78 is 5.26. The van der Waals surface area contributed by atoms with E-state index in [1.54, 1.807) is 11.8 Å². The second kappa shape index (κ2) is 6.05. The van der Waals surface area contributed by atoms with Gasteiger partial charge in [-0.1, -0.05) is 11.6 Å². The molecule has 2 rings (SSSR count). The van der Waals surface area contributed by atoms with Gasteiger partial charge in [0.1, 0.15) is 5.60 Å². The van der Waals surface area contributed by atoms with Gasteiger partial charge in [-0.05, 0) is 45.9 Å². The van der Waals surface area contributed by atoms with Gasteiger partial charge in [0.25, 0.3) is 0 Å². The van der Waals surface area contributed by atoms with E-state index in [-0.39, 0.29) is 5.41 Å². The first-order valence-corrected chi connectivity index (χ1v) is 8.53. The van der Waals surface area contributed by atoms with Crippen molar-refractivity contribution in [3.63, 3.8) is 0 Å². The molecular formula is C15H21ClN2O2S. The van der Waals surface area contributed by atoms with Crippen molar-refractivity contribution >= 4 is 29.5 Å². The molecule has 0 atom stereocenters. The highest BCUT2D eigenvalue weighted by atomic mass is 35.5. The predicted molar refractivity (Wildman–Crippen MR) is 86.2 cm³/mol. The summed E-state index contributed by atoms with van der Waals surface area (Å²) in [6, 6.07) is 1.93. The molecule has 116 valence electrons. The Labute approximate surface area is 135 Å². The predicted octanol–water partition coefficient (Wildman–Crippen LogP) is 4.01. The maximum atomic E-state index is 11.8. The lowest BCUT2D eigenvalue weighted by Crippen LogP contribution is -2.37. The average Bonchev–Trinajstić information content (AvgIpc) is 3.15. The largest absolute Gasteiger partial charge is 0.444 e. The fraction of sp³-hybridized carbons (Fsp3) is 0.600. The van der Waals surface area contributed by atoms with Gasteiger partial charge in [0.05, 0.1) is 10.7 Å². The first kappa shape index (κ1) is 16.4. The highest BCUT2D eigenvalue weighted by Gasteiger charge is 2.47. The van der Waals surface area contributed by atoms with Gasteiger partial charge in [-0.3, -0.25) is 4.98 Å². The second-order valence-corrected chi connectivity index (χ2v) is 7.63. The summed E-state index contributed by atoms with van der Waals surface area (Å²) in [6.45, 7) is 6.05. The molecule has 1 aromatic rings. The lowest BCUT2D eigenvalue weighted by molar-refractivity contribution is 0.0522. The van der Waals surface area contributed by atoms with E-state index >= 15 is 0 Å². The standard InChI is InChI=1S/C15H21ClN2O2S/c1-14(2,3)20-13(19)18-9-15(5-6-15)12-11(16)7-10(21-4)8-17-12/h7-8H,5-6,9H2,1-4H3,(H,18,19). The Bertz CT molecular complexity index is 539. The first-order valence-electron chi connectivity index (χ1n) is 6.93. The van der Waals surface area contributed by atoms with Crippen LogP contribution in [0.1, 0.15) is 39.3 Å². The minimum atomic E-state index is -0.489. The van der Waals surface area contributed by atoms with Crippen LogP contribution in [0.3, 0.4) is 0 Å². The molecule has 6 heteroatoms. The van der Waals surface area contributed by atoms with Crippen molar-refractivity contribution in [3.05, 3.63) is 23.0 Å². The van der Waals surface area contributed by atoms with Crippen LogP contribution in [0, 0.1) is 0 Å². The number of ether oxygens (including phenoxy) is 1. The monoisotopic (exact) mass is 328 g/mol. The Kier molecular flexibility index (Phi) is 4.73. The van der Waals surface area contributed by atoms with Gasteiger partial charge in [0.2, 0.25) is 0 Å². The van der Waals surface area contributed by atoms with Crippen LogP contribution in [0.25, 0.3) is 0 Å². The number of carbonyl (C=O) groups excluding carboxylic acids is 1. The van der Waals surface area contributed by atoms with Crippen LogP contribution in [-0.4, -0.2) is 29.5 Å². The summed E-state index contributed by atoms with van der Waals surface area (Å²) in [5.74, 6) is 0. The summed E-state index contributed by atoms with van der Waals surface area (Å²) >= 11 is 7.95. The molecule has 0 aromatic carbocycles. The van der Waals surface area contributed by atoms with E-state index in [1.807, 2.05) is 39.3 Å².